The van der Waals surface area contributed by atoms with Gasteiger partial charge in [0, 0.05) is 4.47 Å². The second-order valence-corrected chi connectivity index (χ2v) is 5.76. The summed E-state index contributed by atoms with van der Waals surface area (Å²) in [4.78, 5) is 4.56. The van der Waals surface area contributed by atoms with Gasteiger partial charge in [0.15, 0.2) is 0 Å². The molecule has 0 saturated carbocycles. The lowest BCUT2D eigenvalue weighted by Gasteiger charge is -2.23. The van der Waals surface area contributed by atoms with Gasteiger partial charge in [-0.1, -0.05) is 34.5 Å². The second-order valence-electron chi connectivity index (χ2n) is 4.84. The molecule has 1 aromatic rings. The molecule has 4 heteroatoms. The molecule has 0 spiro atoms. The highest BCUT2D eigenvalue weighted by Gasteiger charge is 2.28. The highest BCUT2D eigenvalue weighted by atomic mass is 79.9. The maximum absolute atomic E-state index is 6.00. The van der Waals surface area contributed by atoms with E-state index < -0.39 is 0 Å². The predicted molar refractivity (Wildman–Crippen MR) is 75.9 cm³/mol. The van der Waals surface area contributed by atoms with Gasteiger partial charge in [0.05, 0.1) is 12.6 Å². The van der Waals surface area contributed by atoms with E-state index in [0.29, 0.717) is 6.04 Å². The lowest BCUT2D eigenvalue weighted by Crippen LogP contribution is -2.40. The average molecular weight is 309 g/mol. The molecular formula is C14H17BrN2O. The first-order valence-corrected chi connectivity index (χ1v) is 7.32. The summed E-state index contributed by atoms with van der Waals surface area (Å²) in [5, 5.41) is 3.48. The molecular weight excluding hydrogens is 292 g/mol. The molecule has 0 aliphatic carbocycles. The van der Waals surface area contributed by atoms with Crippen LogP contribution in [0, 0.1) is 0 Å². The maximum atomic E-state index is 6.00. The fourth-order valence-electron chi connectivity index (χ4n) is 2.50. The smallest absolute Gasteiger partial charge is 0.201 e. The summed E-state index contributed by atoms with van der Waals surface area (Å²) in [7, 11) is 0. The molecule has 2 aliphatic heterocycles. The molecule has 3 nitrogen and oxygen atoms in total. The standard InChI is InChI=1S/C14H17BrN2O/c15-11-6-4-10(5-7-11)13-9-17-14(18-13)12-3-1-2-8-16-12/h4-7,12-13,16H,1-3,8-9H2. The Hall–Kier alpha value is -0.870. The van der Waals surface area contributed by atoms with Crippen molar-refractivity contribution in [1.82, 2.24) is 5.32 Å². The molecule has 1 saturated heterocycles. The van der Waals surface area contributed by atoms with E-state index in [4.69, 9.17) is 4.74 Å². The number of nitrogens with zero attached hydrogens (tertiary/aromatic N) is 1. The van der Waals surface area contributed by atoms with Crippen LogP contribution in [0.25, 0.3) is 0 Å². The zero-order valence-corrected chi connectivity index (χ0v) is 11.8. The van der Waals surface area contributed by atoms with Crippen LogP contribution in [0.1, 0.15) is 30.9 Å². The lowest BCUT2D eigenvalue weighted by atomic mass is 10.1. The van der Waals surface area contributed by atoms with Crippen molar-refractivity contribution in [2.45, 2.75) is 31.4 Å². The average Bonchev–Trinajstić information content (AvgIpc) is 2.90. The van der Waals surface area contributed by atoms with Crippen LogP contribution in [-0.4, -0.2) is 25.0 Å². The molecule has 0 amide bonds. The summed E-state index contributed by atoms with van der Waals surface area (Å²) in [6.07, 6.45) is 3.77. The Morgan fingerprint density at radius 2 is 2.06 bits per heavy atom. The third-order valence-corrected chi connectivity index (χ3v) is 4.05. The molecule has 1 fully saturated rings. The van der Waals surface area contributed by atoms with Gasteiger partial charge in [0.2, 0.25) is 5.90 Å². The van der Waals surface area contributed by atoms with E-state index in [0.717, 1.165) is 29.9 Å². The van der Waals surface area contributed by atoms with Crippen LogP contribution in [0.3, 0.4) is 0 Å². The second kappa shape index (κ2) is 5.41. The minimum atomic E-state index is 0.0943. The minimum Gasteiger partial charge on any atom is -0.470 e. The topological polar surface area (TPSA) is 33.6 Å². The van der Waals surface area contributed by atoms with Crippen LogP contribution in [0.2, 0.25) is 0 Å². The normalized spacial score (nSPS) is 27.7. The van der Waals surface area contributed by atoms with Gasteiger partial charge in [-0.25, -0.2) is 4.99 Å². The maximum Gasteiger partial charge on any atom is 0.201 e. The van der Waals surface area contributed by atoms with Gasteiger partial charge in [-0.3, -0.25) is 0 Å². The first-order valence-electron chi connectivity index (χ1n) is 6.53. The minimum absolute atomic E-state index is 0.0943. The first kappa shape index (κ1) is 12.2. The van der Waals surface area contributed by atoms with E-state index >= 15 is 0 Å². The van der Waals surface area contributed by atoms with Crippen molar-refractivity contribution < 1.29 is 4.74 Å². The van der Waals surface area contributed by atoms with Gasteiger partial charge < -0.3 is 10.1 Å². The molecule has 3 rings (SSSR count). The number of rotatable bonds is 2. The Balaban J connectivity index is 1.64. The molecule has 18 heavy (non-hydrogen) atoms. The molecule has 0 bridgehead atoms. The van der Waals surface area contributed by atoms with Crippen LogP contribution in [0.4, 0.5) is 0 Å². The highest BCUT2D eigenvalue weighted by Crippen LogP contribution is 2.26. The predicted octanol–water partition coefficient (Wildman–Crippen LogP) is 3.06. The molecule has 96 valence electrons. The Morgan fingerprint density at radius 1 is 1.22 bits per heavy atom. The third kappa shape index (κ3) is 2.59. The van der Waals surface area contributed by atoms with Crippen molar-refractivity contribution in [3.8, 4) is 0 Å². The van der Waals surface area contributed by atoms with Gasteiger partial charge in [-0.2, -0.15) is 0 Å². The Labute approximate surface area is 116 Å². The number of halogens is 1. The number of nitrogens with one attached hydrogen (secondary N) is 1. The largest absolute Gasteiger partial charge is 0.470 e. The molecule has 2 heterocycles. The molecule has 1 aromatic carbocycles. The fourth-order valence-corrected chi connectivity index (χ4v) is 2.76. The number of hydrogen-bond donors (Lipinski definition) is 1. The Bertz CT molecular complexity index is 438. The van der Waals surface area contributed by atoms with Crippen LogP contribution in [0.15, 0.2) is 33.7 Å². The van der Waals surface area contributed by atoms with Crippen LogP contribution in [-0.2, 0) is 4.74 Å². The number of hydrogen-bond acceptors (Lipinski definition) is 3. The first-order chi connectivity index (χ1) is 8.83. The van der Waals surface area contributed by atoms with Crippen LogP contribution in [0.5, 0.6) is 0 Å². The summed E-state index contributed by atoms with van der Waals surface area (Å²) in [5.41, 5.74) is 1.20. The van der Waals surface area contributed by atoms with Crippen LogP contribution < -0.4 is 5.32 Å². The number of ether oxygens (including phenoxy) is 1. The van der Waals surface area contributed by atoms with E-state index in [1.165, 1.54) is 18.4 Å². The number of aliphatic imine (C=N–C) groups is 1. The number of piperidine rings is 1. The highest BCUT2D eigenvalue weighted by molar-refractivity contribution is 9.10. The van der Waals surface area contributed by atoms with Crippen molar-refractivity contribution >= 4 is 21.8 Å². The fraction of sp³-hybridized carbons (Fsp3) is 0.500. The Kier molecular flexibility index (Phi) is 3.66. The van der Waals surface area contributed by atoms with E-state index in [-0.39, 0.29) is 6.10 Å². The van der Waals surface area contributed by atoms with Gasteiger partial charge in [-0.15, -0.1) is 0 Å². The monoisotopic (exact) mass is 308 g/mol. The molecule has 1 N–H and O–H groups in total. The van der Waals surface area contributed by atoms with Crippen molar-refractivity contribution in [3.63, 3.8) is 0 Å². The van der Waals surface area contributed by atoms with E-state index in [1.54, 1.807) is 0 Å². The van der Waals surface area contributed by atoms with E-state index in [1.807, 2.05) is 0 Å². The summed E-state index contributed by atoms with van der Waals surface area (Å²) >= 11 is 3.45. The zero-order chi connectivity index (χ0) is 12.4. The van der Waals surface area contributed by atoms with E-state index in [2.05, 4.69) is 50.5 Å². The van der Waals surface area contributed by atoms with Gasteiger partial charge >= 0.3 is 0 Å². The van der Waals surface area contributed by atoms with Gasteiger partial charge in [0.25, 0.3) is 0 Å². The SMILES string of the molecule is Brc1ccc(C2CN=C(C3CCCCN3)O2)cc1. The molecule has 0 radical (unpaired) electrons. The molecule has 2 unspecified atom stereocenters. The van der Waals surface area contributed by atoms with Crippen molar-refractivity contribution in [2.24, 2.45) is 4.99 Å². The van der Waals surface area contributed by atoms with Gasteiger partial charge in [-0.05, 0) is 37.1 Å². The molecule has 2 atom stereocenters. The Morgan fingerprint density at radius 3 is 2.78 bits per heavy atom. The third-order valence-electron chi connectivity index (χ3n) is 3.53. The lowest BCUT2D eigenvalue weighted by molar-refractivity contribution is 0.213. The molecule has 0 aromatic heterocycles. The summed E-state index contributed by atoms with van der Waals surface area (Å²) in [5.74, 6) is 0.905. The zero-order valence-electron chi connectivity index (χ0n) is 10.2. The van der Waals surface area contributed by atoms with Crippen LogP contribution >= 0.6 is 15.9 Å². The van der Waals surface area contributed by atoms with Crippen molar-refractivity contribution in [1.29, 1.82) is 0 Å². The number of benzene rings is 1. The van der Waals surface area contributed by atoms with Crippen molar-refractivity contribution in [2.75, 3.05) is 13.1 Å². The van der Waals surface area contributed by atoms with E-state index in [9.17, 15) is 0 Å². The van der Waals surface area contributed by atoms with Gasteiger partial charge in [0.1, 0.15) is 6.10 Å². The summed E-state index contributed by atoms with van der Waals surface area (Å²) in [6.45, 7) is 1.82. The quantitative estimate of drug-likeness (QED) is 0.911. The summed E-state index contributed by atoms with van der Waals surface area (Å²) < 4.78 is 7.10. The van der Waals surface area contributed by atoms with Crippen molar-refractivity contribution in [3.05, 3.63) is 34.3 Å². The molecule has 2 aliphatic rings. The summed E-state index contributed by atoms with van der Waals surface area (Å²) in [6, 6.07) is 8.63.